The normalized spacial score (nSPS) is 21.1. The predicted octanol–water partition coefficient (Wildman–Crippen LogP) is 2.07. The number of hydrogen-bond donors (Lipinski definition) is 1. The maximum Gasteiger partial charge on any atom is 0.252 e. The summed E-state index contributed by atoms with van der Waals surface area (Å²) in [5.41, 5.74) is 2.06. The van der Waals surface area contributed by atoms with Crippen LogP contribution in [0.4, 0.5) is 0 Å². The van der Waals surface area contributed by atoms with Crippen LogP contribution in [-0.2, 0) is 6.42 Å². The summed E-state index contributed by atoms with van der Waals surface area (Å²) in [7, 11) is 0. The fraction of sp³-hybridized carbons (Fsp3) is 0.562. The Kier molecular flexibility index (Phi) is 3.09. The Bertz CT molecular complexity index is 489. The highest BCUT2D eigenvalue weighted by atomic mass is 16.2. The van der Waals surface area contributed by atoms with Crippen LogP contribution in [0.1, 0.15) is 36.2 Å². The van der Waals surface area contributed by atoms with Gasteiger partial charge in [0.1, 0.15) is 0 Å². The van der Waals surface area contributed by atoms with Crippen molar-refractivity contribution in [2.24, 2.45) is 5.92 Å². The Morgan fingerprint density at radius 3 is 2.79 bits per heavy atom. The standard InChI is InChI=1S/C16H22N2O/c1-12(2)7-8-18-10-16(11-18)9-13-5-3-4-6-14(13)15(19)17-16/h3-6,12H,7-11H2,1-2H3,(H,17,19). The molecular formula is C16H22N2O. The van der Waals surface area contributed by atoms with Crippen LogP contribution in [0.2, 0.25) is 0 Å². The van der Waals surface area contributed by atoms with Gasteiger partial charge in [-0.2, -0.15) is 0 Å². The number of carbonyl (C=O) groups excluding carboxylic acids is 1. The Morgan fingerprint density at radius 1 is 1.32 bits per heavy atom. The minimum atomic E-state index is 0.00240. The van der Waals surface area contributed by atoms with Crippen molar-refractivity contribution in [3.63, 3.8) is 0 Å². The third-order valence-corrected chi connectivity index (χ3v) is 4.24. The number of carbonyl (C=O) groups is 1. The molecule has 3 rings (SSSR count). The van der Waals surface area contributed by atoms with E-state index in [1.165, 1.54) is 12.0 Å². The zero-order valence-corrected chi connectivity index (χ0v) is 11.8. The van der Waals surface area contributed by atoms with Crippen molar-refractivity contribution in [2.75, 3.05) is 19.6 Å². The van der Waals surface area contributed by atoms with E-state index in [9.17, 15) is 4.79 Å². The molecule has 1 N–H and O–H groups in total. The number of hydrogen-bond acceptors (Lipinski definition) is 2. The number of nitrogens with one attached hydrogen (secondary N) is 1. The van der Waals surface area contributed by atoms with Crippen LogP contribution in [0.3, 0.4) is 0 Å². The van der Waals surface area contributed by atoms with Crippen LogP contribution in [0.15, 0.2) is 24.3 Å². The van der Waals surface area contributed by atoms with Gasteiger partial charge in [0.2, 0.25) is 0 Å². The number of benzene rings is 1. The van der Waals surface area contributed by atoms with E-state index in [1.807, 2.05) is 18.2 Å². The highest BCUT2D eigenvalue weighted by molar-refractivity contribution is 5.97. The molecular weight excluding hydrogens is 236 g/mol. The van der Waals surface area contributed by atoms with E-state index in [-0.39, 0.29) is 11.4 Å². The summed E-state index contributed by atoms with van der Waals surface area (Å²) >= 11 is 0. The summed E-state index contributed by atoms with van der Waals surface area (Å²) in [6.07, 6.45) is 2.22. The molecule has 1 aromatic rings. The molecule has 2 aliphatic heterocycles. The lowest BCUT2D eigenvalue weighted by Crippen LogP contribution is -2.72. The summed E-state index contributed by atoms with van der Waals surface area (Å²) in [5, 5.41) is 3.22. The molecule has 102 valence electrons. The van der Waals surface area contributed by atoms with Crippen LogP contribution in [-0.4, -0.2) is 36.0 Å². The predicted molar refractivity (Wildman–Crippen MR) is 76.2 cm³/mol. The van der Waals surface area contributed by atoms with Gasteiger partial charge in [0.15, 0.2) is 0 Å². The maximum absolute atomic E-state index is 12.1. The highest BCUT2D eigenvalue weighted by Crippen LogP contribution is 2.31. The SMILES string of the molecule is CC(C)CCN1CC2(Cc3ccccc3C(=O)N2)C1. The second-order valence-electron chi connectivity index (χ2n) is 6.46. The Labute approximate surface area is 115 Å². The van der Waals surface area contributed by atoms with Gasteiger partial charge in [-0.1, -0.05) is 32.0 Å². The molecule has 19 heavy (non-hydrogen) atoms. The number of rotatable bonds is 3. The second kappa shape index (κ2) is 4.64. The van der Waals surface area contributed by atoms with Gasteiger partial charge in [0.05, 0.1) is 5.54 Å². The fourth-order valence-electron chi connectivity index (χ4n) is 3.21. The van der Waals surface area contributed by atoms with E-state index in [0.29, 0.717) is 0 Å². The van der Waals surface area contributed by atoms with E-state index >= 15 is 0 Å². The van der Waals surface area contributed by atoms with Gasteiger partial charge >= 0.3 is 0 Å². The molecule has 0 aliphatic carbocycles. The number of likely N-dealkylation sites (tertiary alicyclic amines) is 1. The summed E-state index contributed by atoms with van der Waals surface area (Å²) in [6.45, 7) is 7.67. The van der Waals surface area contributed by atoms with Gasteiger partial charge in [-0.25, -0.2) is 0 Å². The number of fused-ring (bicyclic) bond motifs is 1. The first-order valence-electron chi connectivity index (χ1n) is 7.21. The molecule has 0 unspecified atom stereocenters. The molecule has 3 heteroatoms. The molecule has 0 radical (unpaired) electrons. The van der Waals surface area contributed by atoms with Gasteiger partial charge in [0, 0.05) is 18.7 Å². The van der Waals surface area contributed by atoms with Gasteiger partial charge in [-0.3, -0.25) is 9.69 Å². The molecule has 0 bridgehead atoms. The van der Waals surface area contributed by atoms with Crippen molar-refractivity contribution in [1.29, 1.82) is 0 Å². The molecule has 1 aromatic carbocycles. The molecule has 3 nitrogen and oxygen atoms in total. The zero-order chi connectivity index (χ0) is 13.5. The molecule has 0 saturated carbocycles. The minimum absolute atomic E-state index is 0.00240. The van der Waals surface area contributed by atoms with Gasteiger partial charge < -0.3 is 5.32 Å². The van der Waals surface area contributed by atoms with E-state index in [4.69, 9.17) is 0 Å². The smallest absolute Gasteiger partial charge is 0.252 e. The third-order valence-electron chi connectivity index (χ3n) is 4.24. The van der Waals surface area contributed by atoms with Crippen molar-refractivity contribution < 1.29 is 4.79 Å². The van der Waals surface area contributed by atoms with Crippen LogP contribution in [0.25, 0.3) is 0 Å². The topological polar surface area (TPSA) is 32.3 Å². The zero-order valence-electron chi connectivity index (χ0n) is 11.8. The van der Waals surface area contributed by atoms with E-state index in [0.717, 1.165) is 37.5 Å². The minimum Gasteiger partial charge on any atom is -0.344 e. The van der Waals surface area contributed by atoms with Gasteiger partial charge in [0.25, 0.3) is 5.91 Å². The molecule has 0 atom stereocenters. The lowest BCUT2D eigenvalue weighted by atomic mass is 9.78. The molecule has 2 heterocycles. The Hall–Kier alpha value is -1.35. The van der Waals surface area contributed by atoms with Crippen molar-refractivity contribution in [3.05, 3.63) is 35.4 Å². The lowest BCUT2D eigenvalue weighted by molar-refractivity contribution is 0.0302. The molecule has 1 saturated heterocycles. The molecule has 1 amide bonds. The number of nitrogens with zero attached hydrogens (tertiary/aromatic N) is 1. The maximum atomic E-state index is 12.1. The highest BCUT2D eigenvalue weighted by Gasteiger charge is 2.46. The van der Waals surface area contributed by atoms with Crippen LogP contribution in [0, 0.1) is 5.92 Å². The summed E-state index contributed by atoms with van der Waals surface area (Å²) in [4.78, 5) is 14.6. The quantitative estimate of drug-likeness (QED) is 0.900. The molecule has 1 fully saturated rings. The Balaban J connectivity index is 1.65. The average molecular weight is 258 g/mol. The third kappa shape index (κ3) is 2.39. The van der Waals surface area contributed by atoms with Crippen LogP contribution >= 0.6 is 0 Å². The fourth-order valence-corrected chi connectivity index (χ4v) is 3.21. The van der Waals surface area contributed by atoms with Crippen LogP contribution < -0.4 is 5.32 Å². The summed E-state index contributed by atoms with van der Waals surface area (Å²) in [6, 6.07) is 7.98. The van der Waals surface area contributed by atoms with Crippen molar-refractivity contribution in [2.45, 2.75) is 32.2 Å². The van der Waals surface area contributed by atoms with Crippen molar-refractivity contribution in [1.82, 2.24) is 10.2 Å². The van der Waals surface area contributed by atoms with Gasteiger partial charge in [-0.15, -0.1) is 0 Å². The summed E-state index contributed by atoms with van der Waals surface area (Å²) in [5.74, 6) is 0.851. The Morgan fingerprint density at radius 2 is 2.05 bits per heavy atom. The molecule has 2 aliphatic rings. The molecule has 1 spiro atoms. The first-order chi connectivity index (χ1) is 9.08. The first-order valence-corrected chi connectivity index (χ1v) is 7.21. The van der Waals surface area contributed by atoms with Crippen molar-refractivity contribution >= 4 is 5.91 Å². The first kappa shape index (κ1) is 12.7. The largest absolute Gasteiger partial charge is 0.344 e. The van der Waals surface area contributed by atoms with Crippen LogP contribution in [0.5, 0.6) is 0 Å². The lowest BCUT2D eigenvalue weighted by Gasteiger charge is -2.52. The average Bonchev–Trinajstić information content (AvgIpc) is 2.33. The van der Waals surface area contributed by atoms with E-state index in [1.54, 1.807) is 0 Å². The number of amides is 1. The van der Waals surface area contributed by atoms with E-state index in [2.05, 4.69) is 30.1 Å². The summed E-state index contributed by atoms with van der Waals surface area (Å²) < 4.78 is 0. The monoisotopic (exact) mass is 258 g/mol. The van der Waals surface area contributed by atoms with E-state index < -0.39 is 0 Å². The molecule has 0 aromatic heterocycles. The second-order valence-corrected chi connectivity index (χ2v) is 6.46. The van der Waals surface area contributed by atoms with Crippen molar-refractivity contribution in [3.8, 4) is 0 Å². The van der Waals surface area contributed by atoms with Gasteiger partial charge in [-0.05, 0) is 36.9 Å².